The molecule has 4 rings (SSSR count). The fourth-order valence-corrected chi connectivity index (χ4v) is 4.98. The number of hydrogen-bond acceptors (Lipinski definition) is 3. The van der Waals surface area contributed by atoms with Crippen LogP contribution in [0.25, 0.3) is 10.8 Å². The predicted octanol–water partition coefficient (Wildman–Crippen LogP) is 3.33. The van der Waals surface area contributed by atoms with Gasteiger partial charge in [0.15, 0.2) is 0 Å². The molecule has 2 fully saturated rings. The van der Waals surface area contributed by atoms with Crippen LogP contribution < -0.4 is 10.9 Å². The Morgan fingerprint density at radius 1 is 1.19 bits per heavy atom. The number of hydrogen-bond donors (Lipinski definition) is 1. The minimum absolute atomic E-state index is 0.00134. The van der Waals surface area contributed by atoms with Gasteiger partial charge in [-0.25, -0.2) is 0 Å². The van der Waals surface area contributed by atoms with Crippen LogP contribution in [0.4, 0.5) is 5.69 Å². The normalized spacial score (nSPS) is 24.0. The van der Waals surface area contributed by atoms with Crippen molar-refractivity contribution < 1.29 is 4.79 Å². The summed E-state index contributed by atoms with van der Waals surface area (Å²) >= 11 is 0. The van der Waals surface area contributed by atoms with E-state index in [9.17, 15) is 9.59 Å². The molecule has 0 spiro atoms. The second kappa shape index (κ2) is 7.47. The second-order valence-corrected chi connectivity index (χ2v) is 8.57. The molecule has 1 aromatic carbocycles. The molecule has 2 bridgehead atoms. The SMILES string of the molecule is CN(C)CCn1ccc2c(NC(=O)CC3C[C@@H]4CC[C@H]3C4)cccc2c1=O. The summed E-state index contributed by atoms with van der Waals surface area (Å²) in [6.45, 7) is 1.47. The molecular formula is C22H29N3O2. The van der Waals surface area contributed by atoms with E-state index in [-0.39, 0.29) is 11.5 Å². The van der Waals surface area contributed by atoms with Crippen LogP contribution >= 0.6 is 0 Å². The highest BCUT2D eigenvalue weighted by Crippen LogP contribution is 2.49. The number of amides is 1. The number of nitrogens with zero attached hydrogens (tertiary/aromatic N) is 2. The van der Waals surface area contributed by atoms with Crippen LogP contribution in [-0.4, -0.2) is 36.0 Å². The number of carbonyl (C=O) groups excluding carboxylic acids is 1. The maximum atomic E-state index is 12.8. The first-order valence-electron chi connectivity index (χ1n) is 10.1. The Balaban J connectivity index is 1.51. The van der Waals surface area contributed by atoms with Crippen molar-refractivity contribution in [1.82, 2.24) is 9.47 Å². The zero-order valence-corrected chi connectivity index (χ0v) is 16.3. The van der Waals surface area contributed by atoms with E-state index in [1.165, 1.54) is 25.7 Å². The molecule has 1 heterocycles. The maximum Gasteiger partial charge on any atom is 0.258 e. The van der Waals surface area contributed by atoms with Crippen molar-refractivity contribution in [2.75, 3.05) is 26.0 Å². The highest BCUT2D eigenvalue weighted by atomic mass is 16.1. The van der Waals surface area contributed by atoms with Gasteiger partial charge in [-0.15, -0.1) is 0 Å². The van der Waals surface area contributed by atoms with Crippen molar-refractivity contribution >= 4 is 22.4 Å². The highest BCUT2D eigenvalue weighted by molar-refractivity contribution is 6.01. The lowest BCUT2D eigenvalue weighted by molar-refractivity contribution is -0.117. The molecule has 2 aromatic rings. The first-order chi connectivity index (χ1) is 13.0. The van der Waals surface area contributed by atoms with Gasteiger partial charge in [-0.1, -0.05) is 12.5 Å². The summed E-state index contributed by atoms with van der Waals surface area (Å²) in [5, 5.41) is 4.56. The first-order valence-corrected chi connectivity index (χ1v) is 10.1. The van der Waals surface area contributed by atoms with Crippen molar-refractivity contribution in [3.05, 3.63) is 40.8 Å². The predicted molar refractivity (Wildman–Crippen MR) is 109 cm³/mol. The van der Waals surface area contributed by atoms with Gasteiger partial charge >= 0.3 is 0 Å². The van der Waals surface area contributed by atoms with E-state index in [4.69, 9.17) is 0 Å². The van der Waals surface area contributed by atoms with Crippen LogP contribution in [-0.2, 0) is 11.3 Å². The lowest BCUT2D eigenvalue weighted by Gasteiger charge is -2.21. The summed E-state index contributed by atoms with van der Waals surface area (Å²) in [5.41, 5.74) is 0.746. The van der Waals surface area contributed by atoms with Crippen LogP contribution in [0.2, 0.25) is 0 Å². The molecule has 0 aliphatic heterocycles. The number of likely N-dealkylation sites (N-methyl/N-ethyl adjacent to an activating group) is 1. The van der Waals surface area contributed by atoms with Crippen LogP contribution in [0.5, 0.6) is 0 Å². The molecule has 2 aliphatic rings. The van der Waals surface area contributed by atoms with Gasteiger partial charge in [0.2, 0.25) is 5.91 Å². The molecule has 1 N–H and O–H groups in total. The van der Waals surface area contributed by atoms with Gasteiger partial charge in [-0.2, -0.15) is 0 Å². The Bertz CT molecular complexity index is 902. The fourth-order valence-electron chi connectivity index (χ4n) is 4.98. The van der Waals surface area contributed by atoms with E-state index in [1.54, 1.807) is 4.57 Å². The molecule has 27 heavy (non-hydrogen) atoms. The topological polar surface area (TPSA) is 54.3 Å². The average Bonchev–Trinajstić information content (AvgIpc) is 3.24. The minimum Gasteiger partial charge on any atom is -0.326 e. The Hall–Kier alpha value is -2.14. The summed E-state index contributed by atoms with van der Waals surface area (Å²) in [5.74, 6) is 2.22. The van der Waals surface area contributed by atoms with Crippen molar-refractivity contribution in [2.24, 2.45) is 17.8 Å². The zero-order valence-electron chi connectivity index (χ0n) is 16.3. The van der Waals surface area contributed by atoms with Gasteiger partial charge in [-0.05, 0) is 69.3 Å². The Morgan fingerprint density at radius 2 is 2.04 bits per heavy atom. The average molecular weight is 367 g/mol. The molecule has 5 heteroatoms. The van der Waals surface area contributed by atoms with Gasteiger partial charge in [0.05, 0.1) is 0 Å². The zero-order chi connectivity index (χ0) is 19.0. The third kappa shape index (κ3) is 3.79. The van der Waals surface area contributed by atoms with Crippen molar-refractivity contribution in [2.45, 2.75) is 38.6 Å². The molecular weight excluding hydrogens is 338 g/mol. The number of anilines is 1. The molecule has 3 atom stereocenters. The van der Waals surface area contributed by atoms with E-state index in [0.717, 1.165) is 29.5 Å². The number of fused-ring (bicyclic) bond motifs is 3. The summed E-state index contributed by atoms with van der Waals surface area (Å²) < 4.78 is 1.74. The smallest absolute Gasteiger partial charge is 0.258 e. The van der Waals surface area contributed by atoms with E-state index in [0.29, 0.717) is 24.3 Å². The molecule has 1 amide bonds. The molecule has 0 radical (unpaired) electrons. The monoisotopic (exact) mass is 367 g/mol. The van der Waals surface area contributed by atoms with E-state index in [1.807, 2.05) is 44.6 Å². The van der Waals surface area contributed by atoms with E-state index < -0.39 is 0 Å². The fraction of sp³-hybridized carbons (Fsp3) is 0.545. The van der Waals surface area contributed by atoms with Crippen molar-refractivity contribution in [1.29, 1.82) is 0 Å². The standard InChI is InChI=1S/C22H29N3O2/c1-24(2)10-11-25-9-8-18-19(22(25)27)4-3-5-20(18)23-21(26)14-17-13-15-6-7-16(17)12-15/h3-5,8-9,15-17H,6-7,10-14H2,1-2H3,(H,23,26)/t15-,16+,17?/m1/s1. The highest BCUT2D eigenvalue weighted by Gasteiger charge is 2.40. The Labute approximate surface area is 160 Å². The van der Waals surface area contributed by atoms with E-state index in [2.05, 4.69) is 10.2 Å². The van der Waals surface area contributed by atoms with Gasteiger partial charge in [0.1, 0.15) is 0 Å². The Kier molecular flexibility index (Phi) is 5.04. The van der Waals surface area contributed by atoms with Gasteiger partial charge in [0.25, 0.3) is 5.56 Å². The molecule has 1 aromatic heterocycles. The summed E-state index contributed by atoms with van der Waals surface area (Å²) in [6.07, 6.45) is 7.62. The molecule has 0 saturated heterocycles. The number of aromatic nitrogens is 1. The third-order valence-corrected chi connectivity index (χ3v) is 6.41. The van der Waals surface area contributed by atoms with Crippen molar-refractivity contribution in [3.63, 3.8) is 0 Å². The third-order valence-electron chi connectivity index (χ3n) is 6.41. The molecule has 2 saturated carbocycles. The molecule has 5 nitrogen and oxygen atoms in total. The lowest BCUT2D eigenvalue weighted by Crippen LogP contribution is -2.26. The number of benzene rings is 1. The second-order valence-electron chi connectivity index (χ2n) is 8.57. The van der Waals surface area contributed by atoms with Crippen LogP contribution in [0.1, 0.15) is 32.1 Å². The lowest BCUT2D eigenvalue weighted by atomic mass is 9.86. The first kappa shape index (κ1) is 18.2. The maximum absolute atomic E-state index is 12.8. The van der Waals surface area contributed by atoms with Gasteiger partial charge in [-0.3, -0.25) is 9.59 Å². The summed E-state index contributed by atoms with van der Waals surface area (Å²) in [4.78, 5) is 27.5. The van der Waals surface area contributed by atoms with Crippen LogP contribution in [0.3, 0.4) is 0 Å². The van der Waals surface area contributed by atoms with Gasteiger partial charge < -0.3 is 14.8 Å². The molecule has 1 unspecified atom stereocenters. The van der Waals surface area contributed by atoms with Crippen LogP contribution in [0.15, 0.2) is 35.3 Å². The van der Waals surface area contributed by atoms with E-state index >= 15 is 0 Å². The van der Waals surface area contributed by atoms with Crippen LogP contribution in [0, 0.1) is 17.8 Å². The number of nitrogens with one attached hydrogen (secondary N) is 1. The molecule has 144 valence electrons. The number of carbonyl (C=O) groups is 1. The Morgan fingerprint density at radius 3 is 2.74 bits per heavy atom. The molecule has 2 aliphatic carbocycles. The van der Waals surface area contributed by atoms with Gasteiger partial charge in [0, 0.05) is 42.2 Å². The summed E-state index contributed by atoms with van der Waals surface area (Å²) in [7, 11) is 3.99. The van der Waals surface area contributed by atoms with Crippen molar-refractivity contribution in [3.8, 4) is 0 Å². The largest absolute Gasteiger partial charge is 0.326 e. The number of rotatable bonds is 6. The quantitative estimate of drug-likeness (QED) is 0.852. The number of pyridine rings is 1. The minimum atomic E-state index is -0.00134. The summed E-state index contributed by atoms with van der Waals surface area (Å²) in [6, 6.07) is 7.53.